The fourth-order valence-electron chi connectivity index (χ4n) is 3.87. The summed E-state index contributed by atoms with van der Waals surface area (Å²) in [5.74, 6) is -1.80. The van der Waals surface area contributed by atoms with Crippen molar-refractivity contribution in [1.82, 2.24) is 10.2 Å². The van der Waals surface area contributed by atoms with Crippen molar-refractivity contribution in [3.8, 4) is 5.75 Å². The Morgan fingerprint density at radius 1 is 1.19 bits per heavy atom. The molecule has 12 heteroatoms. The number of nitrogens with one attached hydrogen (secondary N) is 1. The third kappa shape index (κ3) is 5.44. The van der Waals surface area contributed by atoms with Crippen LogP contribution < -0.4 is 10.1 Å². The molecular formula is C25H25N3O8S. The van der Waals surface area contributed by atoms with E-state index in [0.29, 0.717) is 23.4 Å². The van der Waals surface area contributed by atoms with E-state index in [2.05, 4.69) is 5.32 Å². The van der Waals surface area contributed by atoms with Crippen molar-refractivity contribution in [2.45, 2.75) is 38.4 Å². The number of thioether (sulfide) groups is 1. The van der Waals surface area contributed by atoms with Crippen LogP contribution in [-0.4, -0.2) is 50.7 Å². The third-order valence-corrected chi connectivity index (χ3v) is 7.08. The quantitative estimate of drug-likeness (QED) is 0.206. The maximum Gasteiger partial charge on any atom is 0.359 e. The molecule has 2 aromatic carbocycles. The summed E-state index contributed by atoms with van der Waals surface area (Å²) in [5, 5.41) is 23.3. The van der Waals surface area contributed by atoms with Gasteiger partial charge in [0.25, 0.3) is 11.6 Å². The molecule has 0 bridgehead atoms. The van der Waals surface area contributed by atoms with Gasteiger partial charge in [-0.05, 0) is 55.3 Å². The average Bonchev–Trinajstić information content (AvgIpc) is 3.19. The number of hydrogen-bond acceptors (Lipinski definition) is 9. The molecule has 194 valence electrons. The van der Waals surface area contributed by atoms with Crippen LogP contribution in [-0.2, 0) is 20.9 Å². The molecule has 37 heavy (non-hydrogen) atoms. The fraction of sp³-hybridized carbons (Fsp3) is 0.320. The van der Waals surface area contributed by atoms with Crippen molar-refractivity contribution in [2.24, 2.45) is 5.92 Å². The number of carbonyl (C=O) groups is 3. The highest BCUT2D eigenvalue weighted by Crippen LogP contribution is 2.50. The second kappa shape index (κ2) is 11.0. The van der Waals surface area contributed by atoms with Crippen LogP contribution in [0.1, 0.15) is 36.2 Å². The highest BCUT2D eigenvalue weighted by molar-refractivity contribution is 8.03. The van der Waals surface area contributed by atoms with Crippen molar-refractivity contribution in [2.75, 3.05) is 6.54 Å². The maximum absolute atomic E-state index is 13.1. The number of nitro benzene ring substituents is 1. The molecule has 1 fully saturated rings. The number of carbonyl (C=O) groups excluding carboxylic acids is 3. The maximum atomic E-state index is 13.1. The minimum absolute atomic E-state index is 0.0800. The van der Waals surface area contributed by atoms with Gasteiger partial charge < -0.3 is 19.9 Å². The summed E-state index contributed by atoms with van der Waals surface area (Å²) in [4.78, 5) is 49.5. The zero-order valence-corrected chi connectivity index (χ0v) is 20.9. The lowest BCUT2D eigenvalue weighted by Gasteiger charge is -2.43. The number of β-lactam (4-membered cyclic amide) rings is 1. The number of ether oxygens (including phenoxy) is 2. The lowest BCUT2D eigenvalue weighted by Crippen LogP contribution is -2.60. The van der Waals surface area contributed by atoms with Gasteiger partial charge in [0.05, 0.1) is 16.9 Å². The van der Waals surface area contributed by atoms with Crippen molar-refractivity contribution in [1.29, 1.82) is 0 Å². The monoisotopic (exact) mass is 527 g/mol. The minimum Gasteiger partial charge on any atom is -0.456 e. The van der Waals surface area contributed by atoms with Gasteiger partial charge in [-0.25, -0.2) is 4.79 Å². The Morgan fingerprint density at radius 2 is 1.86 bits per heavy atom. The molecule has 2 N–H and O–H groups in total. The average molecular weight is 528 g/mol. The third-order valence-electron chi connectivity index (χ3n) is 5.84. The summed E-state index contributed by atoms with van der Waals surface area (Å²) >= 11 is 1.13. The first-order chi connectivity index (χ1) is 17.7. The van der Waals surface area contributed by atoms with Crippen molar-refractivity contribution < 1.29 is 33.9 Å². The van der Waals surface area contributed by atoms with Crippen LogP contribution in [0.15, 0.2) is 59.3 Å². The Balaban J connectivity index is 1.52. The summed E-state index contributed by atoms with van der Waals surface area (Å²) in [6, 6.07) is 11.9. The summed E-state index contributed by atoms with van der Waals surface area (Å²) in [6.45, 7) is 3.84. The van der Waals surface area contributed by atoms with Crippen LogP contribution in [0.4, 0.5) is 5.69 Å². The number of rotatable bonds is 10. The van der Waals surface area contributed by atoms with Crippen LogP contribution in [0, 0.1) is 16.0 Å². The Hall–Kier alpha value is -3.90. The number of nitro groups is 1. The van der Waals surface area contributed by atoms with E-state index < -0.39 is 34.2 Å². The van der Waals surface area contributed by atoms with E-state index in [4.69, 9.17) is 9.47 Å². The molecule has 2 amide bonds. The molecule has 0 aromatic heterocycles. The number of benzene rings is 2. The van der Waals surface area contributed by atoms with Crippen LogP contribution in [0.2, 0.25) is 0 Å². The summed E-state index contributed by atoms with van der Waals surface area (Å²) in [6.07, 6.45) is -0.107. The predicted molar refractivity (Wildman–Crippen MR) is 133 cm³/mol. The molecule has 0 spiro atoms. The molecule has 0 saturated carbocycles. The molecule has 2 heterocycles. The highest BCUT2D eigenvalue weighted by Gasteiger charge is 2.58. The van der Waals surface area contributed by atoms with E-state index in [9.17, 15) is 29.6 Å². The molecule has 3 atom stereocenters. The van der Waals surface area contributed by atoms with Gasteiger partial charge in [-0.1, -0.05) is 18.7 Å². The number of nitrogens with zero attached hydrogens (tertiary/aromatic N) is 2. The first-order valence-corrected chi connectivity index (χ1v) is 12.5. The van der Waals surface area contributed by atoms with E-state index in [-0.39, 0.29) is 29.0 Å². The molecule has 4 rings (SSSR count). The molecule has 0 radical (unpaired) electrons. The Morgan fingerprint density at radius 3 is 2.46 bits per heavy atom. The van der Waals surface area contributed by atoms with Crippen molar-refractivity contribution in [3.05, 3.63) is 80.6 Å². The zero-order chi connectivity index (χ0) is 26.7. The molecular weight excluding hydrogens is 502 g/mol. The Bertz CT molecular complexity index is 1240. The first-order valence-electron chi connectivity index (χ1n) is 11.6. The fourth-order valence-corrected chi connectivity index (χ4v) is 5.33. The van der Waals surface area contributed by atoms with E-state index in [1.165, 1.54) is 36.1 Å². The molecule has 11 nitrogen and oxygen atoms in total. The highest BCUT2D eigenvalue weighted by atomic mass is 32.2. The van der Waals surface area contributed by atoms with Crippen LogP contribution in [0.25, 0.3) is 0 Å². The lowest BCUT2D eigenvalue weighted by atomic mass is 9.92. The minimum atomic E-state index is -0.918. The van der Waals surface area contributed by atoms with Gasteiger partial charge in [0.15, 0.2) is 10.8 Å². The van der Waals surface area contributed by atoms with Gasteiger partial charge in [-0.3, -0.25) is 24.6 Å². The van der Waals surface area contributed by atoms with Crippen LogP contribution in [0.3, 0.4) is 0 Å². The van der Waals surface area contributed by atoms with E-state index >= 15 is 0 Å². The van der Waals surface area contributed by atoms with Gasteiger partial charge in [-0.15, -0.1) is 0 Å². The van der Waals surface area contributed by atoms with Gasteiger partial charge in [0, 0.05) is 24.2 Å². The van der Waals surface area contributed by atoms with Crippen molar-refractivity contribution in [3.63, 3.8) is 0 Å². The van der Waals surface area contributed by atoms with Gasteiger partial charge in [0.1, 0.15) is 17.7 Å². The Labute approximate surface area is 216 Å². The number of esters is 1. The number of amides is 2. The molecule has 0 aliphatic carbocycles. The van der Waals surface area contributed by atoms with E-state index in [0.717, 1.165) is 18.2 Å². The van der Waals surface area contributed by atoms with Gasteiger partial charge in [-0.2, -0.15) is 0 Å². The standard InChI is InChI=1S/C25H25N3O8S/c1-3-12-26-21(30)16-6-10-18(11-7-16)36-25-20(27-22(31)19(14(2)29)23(27)37-25)24(32)35-13-15-4-8-17(9-5-15)28(33)34/h4-11,14,19,23,29H,3,12-13H2,1-2H3,(H,26,30)/t14-,19+,23-/m1/s1. The zero-order valence-electron chi connectivity index (χ0n) is 20.1. The van der Waals surface area contributed by atoms with Crippen molar-refractivity contribution >= 4 is 35.2 Å². The topological polar surface area (TPSA) is 148 Å². The second-order valence-electron chi connectivity index (χ2n) is 8.50. The molecule has 2 aliphatic rings. The van der Waals surface area contributed by atoms with Crippen LogP contribution >= 0.6 is 11.8 Å². The van der Waals surface area contributed by atoms with Crippen LogP contribution in [0.5, 0.6) is 5.75 Å². The summed E-state index contributed by atoms with van der Waals surface area (Å²) in [5.41, 5.74) is 0.805. The number of hydrogen-bond donors (Lipinski definition) is 2. The summed E-state index contributed by atoms with van der Waals surface area (Å²) in [7, 11) is 0. The smallest absolute Gasteiger partial charge is 0.359 e. The van der Waals surface area contributed by atoms with Gasteiger partial charge >= 0.3 is 5.97 Å². The Kier molecular flexibility index (Phi) is 7.79. The van der Waals surface area contributed by atoms with E-state index in [1.54, 1.807) is 24.3 Å². The molecule has 1 saturated heterocycles. The number of fused-ring (bicyclic) bond motifs is 1. The van der Waals surface area contributed by atoms with Gasteiger partial charge in [0.2, 0.25) is 5.91 Å². The molecule has 2 aliphatic heterocycles. The largest absolute Gasteiger partial charge is 0.456 e. The SMILES string of the molecule is CCCNC(=O)c1ccc(OC2=C(C(=O)OCc3ccc([N+](=O)[O-])cc3)N3C(=O)[C@H]([C@@H](C)O)[C@H]3S2)cc1. The molecule has 0 unspecified atom stereocenters. The number of non-ortho nitro benzene ring substituents is 1. The first kappa shape index (κ1) is 26.2. The number of aliphatic hydroxyl groups is 1. The summed E-state index contributed by atoms with van der Waals surface area (Å²) < 4.78 is 11.3. The van der Waals surface area contributed by atoms with E-state index in [1.807, 2.05) is 6.92 Å². The predicted octanol–water partition coefficient (Wildman–Crippen LogP) is 2.94. The molecule has 2 aromatic rings. The lowest BCUT2D eigenvalue weighted by molar-refractivity contribution is -0.384. The number of aliphatic hydroxyl groups excluding tert-OH is 1. The second-order valence-corrected chi connectivity index (χ2v) is 9.59. The normalized spacial score (nSPS) is 19.1.